The molecule has 5 nitrogen and oxygen atoms in total. The van der Waals surface area contributed by atoms with Gasteiger partial charge in [0, 0.05) is 19.6 Å². The molecule has 90 valence electrons. The van der Waals surface area contributed by atoms with Crippen LogP contribution in [0.15, 0.2) is 0 Å². The van der Waals surface area contributed by atoms with Gasteiger partial charge < -0.3 is 9.67 Å². The summed E-state index contributed by atoms with van der Waals surface area (Å²) in [5.74, 6) is 1.92. The molecule has 1 aromatic heterocycles. The predicted molar refractivity (Wildman–Crippen MR) is 60.9 cm³/mol. The maximum absolute atomic E-state index is 9.07. The van der Waals surface area contributed by atoms with Crippen molar-refractivity contribution in [1.29, 1.82) is 0 Å². The molecule has 0 spiro atoms. The van der Waals surface area contributed by atoms with Gasteiger partial charge in [-0.2, -0.15) is 0 Å². The highest BCUT2D eigenvalue weighted by Crippen LogP contribution is 2.25. The molecule has 0 saturated heterocycles. The van der Waals surface area contributed by atoms with E-state index in [1.54, 1.807) is 0 Å². The maximum atomic E-state index is 9.07. The van der Waals surface area contributed by atoms with Gasteiger partial charge in [-0.1, -0.05) is 6.42 Å². The van der Waals surface area contributed by atoms with Crippen LogP contribution in [0.3, 0.4) is 0 Å². The Morgan fingerprint density at radius 2 is 2.19 bits per heavy atom. The number of aryl methyl sites for hydroxylation is 1. The number of aromatic nitrogens is 3. The summed E-state index contributed by atoms with van der Waals surface area (Å²) in [5.41, 5.74) is 0. The minimum Gasteiger partial charge on any atom is -0.395 e. The Balaban J connectivity index is 2.01. The van der Waals surface area contributed by atoms with Gasteiger partial charge in [-0.05, 0) is 19.8 Å². The van der Waals surface area contributed by atoms with Crippen LogP contribution in [0.25, 0.3) is 0 Å². The van der Waals surface area contributed by atoms with Gasteiger partial charge in [-0.15, -0.1) is 10.2 Å². The first kappa shape index (κ1) is 11.5. The average Bonchev–Trinajstić information content (AvgIpc) is 2.47. The summed E-state index contributed by atoms with van der Waals surface area (Å²) in [7, 11) is 1.99. The lowest BCUT2D eigenvalue weighted by Crippen LogP contribution is -2.41. The van der Waals surface area contributed by atoms with Crippen molar-refractivity contribution in [3.63, 3.8) is 0 Å². The van der Waals surface area contributed by atoms with Gasteiger partial charge in [0.15, 0.2) is 0 Å². The fourth-order valence-corrected chi connectivity index (χ4v) is 2.04. The molecule has 0 bridgehead atoms. The second-order valence-electron chi connectivity index (χ2n) is 4.50. The minimum absolute atomic E-state index is 0.216. The minimum atomic E-state index is 0.216. The smallest absolute Gasteiger partial charge is 0.146 e. The van der Waals surface area contributed by atoms with Crippen LogP contribution in [-0.2, 0) is 13.6 Å². The molecule has 1 aliphatic rings. The van der Waals surface area contributed by atoms with E-state index in [9.17, 15) is 0 Å². The van der Waals surface area contributed by atoms with Crippen LogP contribution in [0.2, 0.25) is 0 Å². The first-order chi connectivity index (χ1) is 7.72. The SMILES string of the molecule is Cc1nnc(CN(CCO)C2CCC2)n1C. The second kappa shape index (κ2) is 4.93. The molecule has 1 fully saturated rings. The fourth-order valence-electron chi connectivity index (χ4n) is 2.04. The molecule has 1 aromatic rings. The van der Waals surface area contributed by atoms with Crippen LogP contribution >= 0.6 is 0 Å². The molecule has 0 aliphatic heterocycles. The largest absolute Gasteiger partial charge is 0.395 e. The van der Waals surface area contributed by atoms with Crippen molar-refractivity contribution in [2.45, 2.75) is 38.8 Å². The molecular formula is C11H20N4O. The van der Waals surface area contributed by atoms with E-state index in [-0.39, 0.29) is 6.61 Å². The summed E-state index contributed by atoms with van der Waals surface area (Å²) in [6, 6.07) is 0.629. The van der Waals surface area contributed by atoms with Crippen molar-refractivity contribution in [3.8, 4) is 0 Å². The monoisotopic (exact) mass is 224 g/mol. The number of rotatable bonds is 5. The van der Waals surface area contributed by atoms with E-state index < -0.39 is 0 Å². The Morgan fingerprint density at radius 3 is 2.62 bits per heavy atom. The Hall–Kier alpha value is -0.940. The van der Waals surface area contributed by atoms with Gasteiger partial charge in [0.2, 0.25) is 0 Å². The molecule has 1 saturated carbocycles. The van der Waals surface area contributed by atoms with Gasteiger partial charge >= 0.3 is 0 Å². The van der Waals surface area contributed by atoms with E-state index in [1.807, 2.05) is 18.5 Å². The number of nitrogens with zero attached hydrogens (tertiary/aromatic N) is 4. The van der Waals surface area contributed by atoms with Crippen LogP contribution in [0.5, 0.6) is 0 Å². The standard InChI is InChI=1S/C11H20N4O/c1-9-12-13-11(14(9)2)8-15(6-7-16)10-4-3-5-10/h10,16H,3-8H2,1-2H3. The van der Waals surface area contributed by atoms with Crippen molar-refractivity contribution < 1.29 is 5.11 Å². The molecule has 2 rings (SSSR count). The third-order valence-corrected chi connectivity index (χ3v) is 3.51. The van der Waals surface area contributed by atoms with E-state index >= 15 is 0 Å². The molecule has 16 heavy (non-hydrogen) atoms. The zero-order valence-electron chi connectivity index (χ0n) is 10.1. The Morgan fingerprint density at radius 1 is 1.44 bits per heavy atom. The predicted octanol–water partition coefficient (Wildman–Crippen LogP) is 0.470. The molecule has 1 aliphatic carbocycles. The summed E-state index contributed by atoms with van der Waals surface area (Å²) >= 11 is 0. The van der Waals surface area contributed by atoms with Crippen molar-refractivity contribution in [3.05, 3.63) is 11.6 Å². The summed E-state index contributed by atoms with van der Waals surface area (Å²) in [5, 5.41) is 17.3. The summed E-state index contributed by atoms with van der Waals surface area (Å²) in [4.78, 5) is 2.31. The quantitative estimate of drug-likeness (QED) is 0.790. The molecule has 0 atom stereocenters. The normalized spacial score (nSPS) is 16.8. The topological polar surface area (TPSA) is 54.2 Å². The number of aliphatic hydroxyl groups is 1. The highest BCUT2D eigenvalue weighted by molar-refractivity contribution is 4.94. The Kier molecular flexibility index (Phi) is 3.56. The van der Waals surface area contributed by atoms with E-state index in [0.717, 1.165) is 24.7 Å². The van der Waals surface area contributed by atoms with E-state index in [4.69, 9.17) is 5.11 Å². The van der Waals surface area contributed by atoms with E-state index in [0.29, 0.717) is 6.04 Å². The average molecular weight is 224 g/mol. The van der Waals surface area contributed by atoms with Crippen LogP contribution in [-0.4, -0.2) is 44.0 Å². The highest BCUT2D eigenvalue weighted by atomic mass is 16.3. The zero-order chi connectivity index (χ0) is 11.5. The molecule has 0 unspecified atom stereocenters. The number of hydrogen-bond donors (Lipinski definition) is 1. The molecule has 0 radical (unpaired) electrons. The second-order valence-corrected chi connectivity index (χ2v) is 4.50. The molecule has 5 heteroatoms. The number of hydrogen-bond acceptors (Lipinski definition) is 4. The van der Waals surface area contributed by atoms with Gasteiger partial charge in [0.25, 0.3) is 0 Å². The van der Waals surface area contributed by atoms with E-state index in [2.05, 4.69) is 15.1 Å². The van der Waals surface area contributed by atoms with Gasteiger partial charge in [-0.3, -0.25) is 4.90 Å². The van der Waals surface area contributed by atoms with Crippen molar-refractivity contribution in [2.24, 2.45) is 7.05 Å². The van der Waals surface area contributed by atoms with Crippen LogP contribution in [0.4, 0.5) is 0 Å². The van der Waals surface area contributed by atoms with E-state index in [1.165, 1.54) is 19.3 Å². The Labute approximate surface area is 96.1 Å². The molecule has 0 amide bonds. The van der Waals surface area contributed by atoms with Gasteiger partial charge in [0.1, 0.15) is 11.6 Å². The van der Waals surface area contributed by atoms with Crippen molar-refractivity contribution >= 4 is 0 Å². The lowest BCUT2D eigenvalue weighted by Gasteiger charge is -2.36. The van der Waals surface area contributed by atoms with Gasteiger partial charge in [-0.25, -0.2) is 0 Å². The van der Waals surface area contributed by atoms with Crippen LogP contribution in [0.1, 0.15) is 30.9 Å². The van der Waals surface area contributed by atoms with Crippen LogP contribution < -0.4 is 0 Å². The summed E-state index contributed by atoms with van der Waals surface area (Å²) in [6.07, 6.45) is 3.80. The van der Waals surface area contributed by atoms with Gasteiger partial charge in [0.05, 0.1) is 13.2 Å². The first-order valence-electron chi connectivity index (χ1n) is 5.92. The zero-order valence-corrected chi connectivity index (χ0v) is 10.1. The lowest BCUT2D eigenvalue weighted by molar-refractivity contribution is 0.0911. The summed E-state index contributed by atoms with van der Waals surface area (Å²) in [6.45, 7) is 3.70. The molecule has 1 heterocycles. The lowest BCUT2D eigenvalue weighted by atomic mass is 9.91. The highest BCUT2D eigenvalue weighted by Gasteiger charge is 2.25. The Bertz CT molecular complexity index is 346. The third kappa shape index (κ3) is 2.25. The van der Waals surface area contributed by atoms with Crippen molar-refractivity contribution in [1.82, 2.24) is 19.7 Å². The first-order valence-corrected chi connectivity index (χ1v) is 5.92. The number of aliphatic hydroxyl groups excluding tert-OH is 1. The van der Waals surface area contributed by atoms with Crippen molar-refractivity contribution in [2.75, 3.05) is 13.2 Å². The van der Waals surface area contributed by atoms with Crippen LogP contribution in [0, 0.1) is 6.92 Å². The fraction of sp³-hybridized carbons (Fsp3) is 0.818. The maximum Gasteiger partial charge on any atom is 0.146 e. The summed E-state index contributed by atoms with van der Waals surface area (Å²) < 4.78 is 2.02. The molecule has 0 aromatic carbocycles. The third-order valence-electron chi connectivity index (χ3n) is 3.51. The molecule has 1 N–H and O–H groups in total. The molecular weight excluding hydrogens is 204 g/mol.